The Balaban J connectivity index is 1.94. The van der Waals surface area contributed by atoms with Gasteiger partial charge < -0.3 is 10.1 Å². The maximum absolute atomic E-state index is 5.57. The van der Waals surface area contributed by atoms with E-state index in [0.29, 0.717) is 12.6 Å². The van der Waals surface area contributed by atoms with Crippen LogP contribution in [-0.4, -0.2) is 6.61 Å². The Labute approximate surface area is 108 Å². The molecule has 1 heterocycles. The molecule has 2 aromatic carbocycles. The van der Waals surface area contributed by atoms with E-state index in [-0.39, 0.29) is 0 Å². The van der Waals surface area contributed by atoms with Gasteiger partial charge in [0.25, 0.3) is 0 Å². The van der Waals surface area contributed by atoms with E-state index in [0.717, 1.165) is 12.3 Å². The average molecular weight is 239 g/mol. The van der Waals surface area contributed by atoms with E-state index in [1.165, 1.54) is 16.7 Å². The monoisotopic (exact) mass is 239 g/mol. The second kappa shape index (κ2) is 4.83. The zero-order valence-corrected chi connectivity index (χ0v) is 10.5. The van der Waals surface area contributed by atoms with Crippen LogP contribution in [0.15, 0.2) is 48.5 Å². The van der Waals surface area contributed by atoms with Crippen molar-refractivity contribution in [2.24, 2.45) is 0 Å². The highest BCUT2D eigenvalue weighted by Gasteiger charge is 2.22. The van der Waals surface area contributed by atoms with E-state index in [9.17, 15) is 0 Å². The van der Waals surface area contributed by atoms with Crippen molar-refractivity contribution >= 4 is 0 Å². The zero-order valence-electron chi connectivity index (χ0n) is 10.5. The molecular weight excluding hydrogens is 222 g/mol. The second-order valence-electron chi connectivity index (χ2n) is 4.52. The van der Waals surface area contributed by atoms with Crippen molar-refractivity contribution in [1.82, 2.24) is 5.32 Å². The standard InChI is InChI=1S/C16H17NO/c1-2-18-14-8-5-7-12(10-14)16-15-9-4-3-6-13(15)11-17-16/h3-10,16-17H,2,11H2,1H3. The number of hydrogen-bond donors (Lipinski definition) is 1. The molecule has 1 N–H and O–H groups in total. The van der Waals surface area contributed by atoms with Gasteiger partial charge >= 0.3 is 0 Å². The summed E-state index contributed by atoms with van der Waals surface area (Å²) in [6.45, 7) is 3.66. The summed E-state index contributed by atoms with van der Waals surface area (Å²) < 4.78 is 5.57. The number of nitrogens with one attached hydrogen (secondary N) is 1. The lowest BCUT2D eigenvalue weighted by atomic mass is 9.98. The average Bonchev–Trinajstić information content (AvgIpc) is 2.83. The zero-order chi connectivity index (χ0) is 12.4. The van der Waals surface area contributed by atoms with Crippen LogP contribution in [0.4, 0.5) is 0 Å². The molecule has 0 spiro atoms. The van der Waals surface area contributed by atoms with Crippen molar-refractivity contribution in [3.05, 3.63) is 65.2 Å². The summed E-state index contributed by atoms with van der Waals surface area (Å²) in [5.74, 6) is 0.946. The molecule has 2 nitrogen and oxygen atoms in total. The number of hydrogen-bond acceptors (Lipinski definition) is 2. The minimum absolute atomic E-state index is 0.293. The third-order valence-electron chi connectivity index (χ3n) is 3.37. The third kappa shape index (κ3) is 2.00. The molecule has 92 valence electrons. The molecule has 0 amide bonds. The minimum Gasteiger partial charge on any atom is -0.494 e. The largest absolute Gasteiger partial charge is 0.494 e. The predicted molar refractivity (Wildman–Crippen MR) is 72.7 cm³/mol. The lowest BCUT2D eigenvalue weighted by Crippen LogP contribution is -2.13. The van der Waals surface area contributed by atoms with Crippen LogP contribution in [0.5, 0.6) is 5.75 Å². The summed E-state index contributed by atoms with van der Waals surface area (Å²) in [7, 11) is 0. The Morgan fingerprint density at radius 1 is 1.17 bits per heavy atom. The number of benzene rings is 2. The molecule has 0 saturated carbocycles. The van der Waals surface area contributed by atoms with Gasteiger partial charge in [-0.1, -0.05) is 36.4 Å². The Bertz CT molecular complexity index is 550. The SMILES string of the molecule is CCOc1cccc(C2NCc3ccccc32)c1. The first-order chi connectivity index (χ1) is 8.88. The summed E-state index contributed by atoms with van der Waals surface area (Å²) in [5, 5.41) is 3.55. The summed E-state index contributed by atoms with van der Waals surface area (Å²) in [4.78, 5) is 0. The van der Waals surface area contributed by atoms with Gasteiger partial charge in [0, 0.05) is 6.54 Å². The fourth-order valence-corrected chi connectivity index (χ4v) is 2.55. The molecule has 1 aliphatic heterocycles. The van der Waals surface area contributed by atoms with Crippen LogP contribution < -0.4 is 10.1 Å². The molecule has 2 aromatic rings. The maximum atomic E-state index is 5.57. The van der Waals surface area contributed by atoms with Crippen molar-refractivity contribution in [2.45, 2.75) is 19.5 Å². The van der Waals surface area contributed by atoms with E-state index in [4.69, 9.17) is 4.74 Å². The third-order valence-corrected chi connectivity index (χ3v) is 3.37. The Kier molecular flexibility index (Phi) is 3.03. The Morgan fingerprint density at radius 2 is 2.06 bits per heavy atom. The number of rotatable bonds is 3. The highest BCUT2D eigenvalue weighted by molar-refractivity contribution is 5.42. The fourth-order valence-electron chi connectivity index (χ4n) is 2.55. The van der Waals surface area contributed by atoms with Crippen molar-refractivity contribution in [3.8, 4) is 5.75 Å². The van der Waals surface area contributed by atoms with Gasteiger partial charge in [-0.3, -0.25) is 0 Å². The molecule has 3 rings (SSSR count). The van der Waals surface area contributed by atoms with Crippen LogP contribution in [0, 0.1) is 0 Å². The normalized spacial score (nSPS) is 17.5. The molecule has 0 fully saturated rings. The maximum Gasteiger partial charge on any atom is 0.119 e. The van der Waals surface area contributed by atoms with Crippen molar-refractivity contribution in [3.63, 3.8) is 0 Å². The fraction of sp³-hybridized carbons (Fsp3) is 0.250. The van der Waals surface area contributed by atoms with Crippen LogP contribution in [0.1, 0.15) is 29.7 Å². The topological polar surface area (TPSA) is 21.3 Å². The van der Waals surface area contributed by atoms with Crippen LogP contribution in [0.2, 0.25) is 0 Å². The van der Waals surface area contributed by atoms with Crippen LogP contribution >= 0.6 is 0 Å². The predicted octanol–water partition coefficient (Wildman–Crippen LogP) is 3.28. The van der Waals surface area contributed by atoms with E-state index >= 15 is 0 Å². The van der Waals surface area contributed by atoms with Gasteiger partial charge in [-0.25, -0.2) is 0 Å². The van der Waals surface area contributed by atoms with Gasteiger partial charge in [0.05, 0.1) is 12.6 Å². The molecule has 0 radical (unpaired) electrons. The first-order valence-electron chi connectivity index (χ1n) is 6.42. The molecule has 0 saturated heterocycles. The van der Waals surface area contributed by atoms with E-state index < -0.39 is 0 Å². The van der Waals surface area contributed by atoms with Gasteiger partial charge in [0.15, 0.2) is 0 Å². The van der Waals surface area contributed by atoms with E-state index in [1.54, 1.807) is 0 Å². The summed E-state index contributed by atoms with van der Waals surface area (Å²) >= 11 is 0. The van der Waals surface area contributed by atoms with Crippen LogP contribution in [0.3, 0.4) is 0 Å². The van der Waals surface area contributed by atoms with E-state index in [1.807, 2.05) is 13.0 Å². The minimum atomic E-state index is 0.293. The lowest BCUT2D eigenvalue weighted by Gasteiger charge is -2.14. The van der Waals surface area contributed by atoms with Gasteiger partial charge in [-0.2, -0.15) is 0 Å². The molecular formula is C16H17NO. The first kappa shape index (κ1) is 11.3. The van der Waals surface area contributed by atoms with Gasteiger partial charge in [0.2, 0.25) is 0 Å². The van der Waals surface area contributed by atoms with Gasteiger partial charge in [-0.05, 0) is 35.7 Å². The Hall–Kier alpha value is -1.80. The number of ether oxygens (including phenoxy) is 1. The molecule has 1 atom stereocenters. The molecule has 0 aromatic heterocycles. The highest BCUT2D eigenvalue weighted by atomic mass is 16.5. The summed E-state index contributed by atoms with van der Waals surface area (Å²) in [5.41, 5.74) is 4.04. The van der Waals surface area contributed by atoms with Crippen molar-refractivity contribution in [1.29, 1.82) is 0 Å². The first-order valence-corrected chi connectivity index (χ1v) is 6.42. The highest BCUT2D eigenvalue weighted by Crippen LogP contribution is 2.31. The smallest absolute Gasteiger partial charge is 0.119 e. The lowest BCUT2D eigenvalue weighted by molar-refractivity contribution is 0.339. The van der Waals surface area contributed by atoms with Gasteiger partial charge in [0.1, 0.15) is 5.75 Å². The van der Waals surface area contributed by atoms with Crippen molar-refractivity contribution < 1.29 is 4.74 Å². The molecule has 0 bridgehead atoms. The van der Waals surface area contributed by atoms with Crippen LogP contribution in [-0.2, 0) is 6.54 Å². The van der Waals surface area contributed by atoms with Gasteiger partial charge in [-0.15, -0.1) is 0 Å². The summed E-state index contributed by atoms with van der Waals surface area (Å²) in [6, 6.07) is 17.2. The molecule has 2 heteroatoms. The molecule has 0 aliphatic carbocycles. The second-order valence-corrected chi connectivity index (χ2v) is 4.52. The van der Waals surface area contributed by atoms with E-state index in [2.05, 4.69) is 47.8 Å². The number of fused-ring (bicyclic) bond motifs is 1. The summed E-state index contributed by atoms with van der Waals surface area (Å²) in [6.07, 6.45) is 0. The molecule has 1 aliphatic rings. The molecule has 1 unspecified atom stereocenters. The Morgan fingerprint density at radius 3 is 2.94 bits per heavy atom. The van der Waals surface area contributed by atoms with Crippen LogP contribution in [0.25, 0.3) is 0 Å². The molecule has 18 heavy (non-hydrogen) atoms. The quantitative estimate of drug-likeness (QED) is 0.887. The van der Waals surface area contributed by atoms with Crippen molar-refractivity contribution in [2.75, 3.05) is 6.61 Å².